The molecule has 9 rings (SSSR count). The van der Waals surface area contributed by atoms with Crippen molar-refractivity contribution in [3.63, 3.8) is 0 Å². The lowest BCUT2D eigenvalue weighted by atomic mass is 9.59. The second kappa shape index (κ2) is 9.47. The van der Waals surface area contributed by atoms with Gasteiger partial charge in [-0.05, 0) is 80.0 Å². The number of likely N-dealkylation sites (N-methyl/N-ethyl adjacent to an activating group) is 2. The minimum atomic E-state index is -0.595. The summed E-state index contributed by atoms with van der Waals surface area (Å²) in [5.41, 5.74) is 1.22. The Morgan fingerprint density at radius 3 is 1.40 bits per heavy atom. The SMILES string of the molecule is CN1CC2(c3ccc([N+](=O)[O-])cc3)C3C1OC(=O)/C=C\C(=O)OC1C4C5CCC(C4(c4ccc([N+](=O)[O-])cc4)CN1C)C51C3CCC21. The van der Waals surface area contributed by atoms with E-state index < -0.39 is 35.2 Å². The maximum Gasteiger partial charge on any atom is 0.332 e. The number of hydrogen-bond acceptors (Lipinski definition) is 10. The van der Waals surface area contributed by atoms with Gasteiger partial charge in [-0.2, -0.15) is 0 Å². The van der Waals surface area contributed by atoms with Crippen LogP contribution in [0, 0.1) is 61.2 Å². The van der Waals surface area contributed by atoms with Gasteiger partial charge in [-0.25, -0.2) is 9.59 Å². The number of rotatable bonds is 4. The molecule has 3 heterocycles. The van der Waals surface area contributed by atoms with Crippen LogP contribution in [0.1, 0.15) is 36.8 Å². The summed E-state index contributed by atoms with van der Waals surface area (Å²) in [7, 11) is 3.96. The molecule has 0 N–H and O–H groups in total. The Morgan fingerprint density at radius 1 is 0.660 bits per heavy atom. The average molecular weight is 641 g/mol. The van der Waals surface area contributed by atoms with Crippen molar-refractivity contribution >= 4 is 23.3 Å². The van der Waals surface area contributed by atoms with E-state index in [1.54, 1.807) is 24.3 Å². The number of nitrogens with zero attached hydrogens (tertiary/aromatic N) is 4. The molecule has 0 aromatic heterocycles. The lowest BCUT2D eigenvalue weighted by molar-refractivity contribution is -0.385. The summed E-state index contributed by atoms with van der Waals surface area (Å²) in [6.45, 7) is 1.29. The Morgan fingerprint density at radius 2 is 1.04 bits per heavy atom. The van der Waals surface area contributed by atoms with E-state index in [9.17, 15) is 29.8 Å². The van der Waals surface area contributed by atoms with Crippen molar-refractivity contribution in [2.75, 3.05) is 27.2 Å². The predicted molar refractivity (Wildman–Crippen MR) is 166 cm³/mol. The molecule has 47 heavy (non-hydrogen) atoms. The minimum Gasteiger partial charge on any atom is -0.443 e. The van der Waals surface area contributed by atoms with E-state index >= 15 is 0 Å². The van der Waals surface area contributed by atoms with Crippen LogP contribution in [0.4, 0.5) is 11.4 Å². The summed E-state index contributed by atoms with van der Waals surface area (Å²) in [5, 5.41) is 23.3. The van der Waals surface area contributed by atoms with Crippen LogP contribution in [0.3, 0.4) is 0 Å². The number of hydrogen-bond donors (Lipinski definition) is 0. The fourth-order valence-electron chi connectivity index (χ4n) is 13.2. The Hall–Kier alpha value is -4.16. The highest BCUT2D eigenvalue weighted by Gasteiger charge is 2.86. The quantitative estimate of drug-likeness (QED) is 0.271. The first-order chi connectivity index (χ1) is 22.5. The van der Waals surface area contributed by atoms with E-state index in [2.05, 4.69) is 9.80 Å². The molecule has 7 aliphatic rings. The Balaban J connectivity index is 1.29. The van der Waals surface area contributed by atoms with Crippen LogP contribution in [0.2, 0.25) is 0 Å². The zero-order valence-corrected chi connectivity index (χ0v) is 26.2. The van der Waals surface area contributed by atoms with Gasteiger partial charge in [0.25, 0.3) is 11.4 Å². The van der Waals surface area contributed by atoms with Gasteiger partial charge in [0.05, 0.1) is 9.85 Å². The predicted octanol–water partition coefficient (Wildman–Crippen LogP) is 4.18. The molecule has 2 aromatic rings. The zero-order chi connectivity index (χ0) is 32.6. The smallest absolute Gasteiger partial charge is 0.332 e. The third-order valence-corrected chi connectivity index (χ3v) is 13.9. The maximum atomic E-state index is 13.3. The molecule has 0 amide bonds. The van der Waals surface area contributed by atoms with Crippen molar-refractivity contribution in [1.29, 1.82) is 0 Å². The van der Waals surface area contributed by atoms with Crippen molar-refractivity contribution in [3.8, 4) is 0 Å². The van der Waals surface area contributed by atoms with E-state index in [0.29, 0.717) is 13.1 Å². The lowest BCUT2D eigenvalue weighted by Gasteiger charge is -2.45. The zero-order valence-electron chi connectivity index (χ0n) is 26.2. The number of ether oxygens (including phenoxy) is 2. The number of benzene rings is 2. The first-order valence-electron chi connectivity index (χ1n) is 16.5. The number of carbonyl (C=O) groups excluding carboxylic acids is 2. The lowest BCUT2D eigenvalue weighted by Crippen LogP contribution is -2.47. The number of nitro groups is 2. The number of nitro benzene ring substituents is 2. The highest BCUT2D eigenvalue weighted by Crippen LogP contribution is 2.86. The molecule has 6 fully saturated rings. The van der Waals surface area contributed by atoms with Crippen LogP contribution < -0.4 is 0 Å². The second-order valence-corrected chi connectivity index (χ2v) is 15.0. The van der Waals surface area contributed by atoms with Crippen LogP contribution in [0.5, 0.6) is 0 Å². The summed E-state index contributed by atoms with van der Waals surface area (Å²) >= 11 is 0. The molecule has 2 saturated heterocycles. The van der Waals surface area contributed by atoms with Gasteiger partial charge in [0.1, 0.15) is 0 Å². The van der Waals surface area contributed by atoms with Crippen molar-refractivity contribution < 1.29 is 28.9 Å². The molecule has 7 bridgehead atoms. The van der Waals surface area contributed by atoms with Gasteiger partial charge < -0.3 is 9.47 Å². The molecule has 12 nitrogen and oxygen atoms in total. The number of carbonyl (C=O) groups is 2. The van der Waals surface area contributed by atoms with Crippen molar-refractivity contribution in [1.82, 2.24) is 9.80 Å². The monoisotopic (exact) mass is 640 g/mol. The van der Waals surface area contributed by atoms with Crippen LogP contribution in [0.15, 0.2) is 60.7 Å². The maximum absolute atomic E-state index is 13.3. The van der Waals surface area contributed by atoms with Crippen LogP contribution in [-0.2, 0) is 29.9 Å². The Labute approximate surface area is 271 Å². The van der Waals surface area contributed by atoms with E-state index in [4.69, 9.17) is 9.47 Å². The van der Waals surface area contributed by atoms with Gasteiger partial charge in [-0.1, -0.05) is 24.3 Å². The largest absolute Gasteiger partial charge is 0.443 e. The van der Waals surface area contributed by atoms with Gasteiger partial charge in [0, 0.05) is 72.2 Å². The Bertz CT molecular complexity index is 1630. The summed E-state index contributed by atoms with van der Waals surface area (Å²) in [5.74, 6) is -0.467. The van der Waals surface area contributed by atoms with Crippen LogP contribution >= 0.6 is 0 Å². The fraction of sp³-hybridized carbons (Fsp3) is 0.543. The molecule has 2 aromatic carbocycles. The molecule has 12 heteroatoms. The van der Waals surface area contributed by atoms with Crippen molar-refractivity contribution in [2.24, 2.45) is 40.9 Å². The van der Waals surface area contributed by atoms with E-state index in [1.807, 2.05) is 38.4 Å². The molecular formula is C35H36N4O8. The first-order valence-corrected chi connectivity index (χ1v) is 16.5. The molecule has 4 aliphatic carbocycles. The molecule has 1 spiro atoms. The number of likely N-dealkylation sites (tertiary alicyclic amines) is 2. The third kappa shape index (κ3) is 3.35. The van der Waals surface area contributed by atoms with Crippen molar-refractivity contribution in [3.05, 3.63) is 92.0 Å². The third-order valence-electron chi connectivity index (χ3n) is 13.9. The molecule has 10 unspecified atom stereocenters. The molecule has 10 atom stereocenters. The minimum absolute atomic E-state index is 0.0430. The first kappa shape index (κ1) is 29.0. The summed E-state index contributed by atoms with van der Waals surface area (Å²) in [6.07, 6.45) is 5.21. The Kier molecular flexibility index (Phi) is 5.85. The normalized spacial score (nSPS) is 43.6. The average Bonchev–Trinajstić information content (AvgIpc) is 3.86. The van der Waals surface area contributed by atoms with Gasteiger partial charge in [0.15, 0.2) is 12.5 Å². The number of non-ortho nitro benzene ring substituents is 2. The van der Waals surface area contributed by atoms with Crippen molar-refractivity contribution in [2.45, 2.75) is 49.0 Å². The summed E-state index contributed by atoms with van der Waals surface area (Å²) in [4.78, 5) is 53.3. The highest BCUT2D eigenvalue weighted by molar-refractivity contribution is 5.91. The fourth-order valence-corrected chi connectivity index (χ4v) is 13.2. The summed E-state index contributed by atoms with van der Waals surface area (Å²) in [6, 6.07) is 14.1. The standard InChI is InChI=1S/C35H36N4O8/c1-36-17-33(19-3-7-21(8-4-19)38(42)43)25-13-11-23-29(33)31(36)46-27(40)15-16-28(41)47-32-30-24-12-14-26(35(23,24)25)34(30,18-37(32)2)20-5-9-22(10-6-20)39(44)45/h3-10,15-16,23-26,29-32H,11-14,17-18H2,1-2H3/b16-15-. The molecule has 0 radical (unpaired) electrons. The second-order valence-electron chi connectivity index (χ2n) is 15.0. The van der Waals surface area contributed by atoms with Gasteiger partial charge in [-0.3, -0.25) is 30.0 Å². The van der Waals surface area contributed by atoms with Crippen LogP contribution in [-0.4, -0.2) is 71.2 Å². The molecule has 3 aliphatic heterocycles. The van der Waals surface area contributed by atoms with E-state index in [0.717, 1.165) is 49.0 Å². The van der Waals surface area contributed by atoms with E-state index in [-0.39, 0.29) is 62.1 Å². The molecular weight excluding hydrogens is 604 g/mol. The molecule has 4 saturated carbocycles. The molecule has 244 valence electrons. The van der Waals surface area contributed by atoms with Gasteiger partial charge in [0.2, 0.25) is 0 Å². The number of fused-ring (bicyclic) bond motifs is 2. The van der Waals surface area contributed by atoms with E-state index in [1.165, 1.54) is 0 Å². The van der Waals surface area contributed by atoms with Crippen LogP contribution in [0.25, 0.3) is 0 Å². The summed E-state index contributed by atoms with van der Waals surface area (Å²) < 4.78 is 12.5. The number of esters is 2. The van der Waals surface area contributed by atoms with Gasteiger partial charge in [-0.15, -0.1) is 0 Å². The highest BCUT2D eigenvalue weighted by atomic mass is 16.6. The van der Waals surface area contributed by atoms with Gasteiger partial charge >= 0.3 is 11.9 Å². The topological polar surface area (TPSA) is 145 Å².